The predicted molar refractivity (Wildman–Crippen MR) is 131 cm³/mol. The molecule has 0 atom stereocenters. The van der Waals surface area contributed by atoms with E-state index in [1.807, 2.05) is 66.9 Å². The first kappa shape index (κ1) is 22.4. The quantitative estimate of drug-likeness (QED) is 0.236. The van der Waals surface area contributed by atoms with Crippen molar-refractivity contribution in [2.75, 3.05) is 19.5 Å². The Morgan fingerprint density at radius 1 is 1.09 bits per heavy atom. The molecule has 0 spiro atoms. The Labute approximate surface area is 196 Å². The van der Waals surface area contributed by atoms with Crippen molar-refractivity contribution in [2.45, 2.75) is 13.5 Å². The van der Waals surface area contributed by atoms with Crippen molar-refractivity contribution < 1.29 is 18.8 Å². The molecule has 168 valence electrons. The number of ether oxygens (including phenoxy) is 2. The summed E-state index contributed by atoms with van der Waals surface area (Å²) in [4.78, 5) is 13.8. The summed E-state index contributed by atoms with van der Waals surface area (Å²) in [7, 11) is 3.24. The van der Waals surface area contributed by atoms with E-state index in [4.69, 9.17) is 14.0 Å². The summed E-state index contributed by atoms with van der Waals surface area (Å²) >= 11 is 1.63. The van der Waals surface area contributed by atoms with Crippen LogP contribution in [0.5, 0.6) is 11.5 Å². The molecule has 0 saturated heterocycles. The van der Waals surface area contributed by atoms with Crippen LogP contribution < -0.4 is 14.8 Å². The Balaban J connectivity index is 1.49. The Kier molecular flexibility index (Phi) is 6.90. The first-order valence-electron chi connectivity index (χ1n) is 10.4. The number of hydrogen-bond acceptors (Lipinski definition) is 7. The minimum atomic E-state index is -0.0871. The number of rotatable bonds is 9. The zero-order valence-corrected chi connectivity index (χ0v) is 19.4. The van der Waals surface area contributed by atoms with E-state index in [0.29, 0.717) is 23.7 Å². The molecule has 0 bridgehead atoms. The first-order valence-corrected chi connectivity index (χ1v) is 11.2. The van der Waals surface area contributed by atoms with Gasteiger partial charge in [-0.15, -0.1) is 11.3 Å². The van der Waals surface area contributed by atoms with Gasteiger partial charge < -0.3 is 19.3 Å². The zero-order valence-electron chi connectivity index (χ0n) is 18.6. The molecule has 0 amide bonds. The highest BCUT2D eigenvalue weighted by Gasteiger charge is 2.13. The Hall–Kier alpha value is -3.84. The molecule has 4 rings (SSSR count). The monoisotopic (exact) mass is 460 g/mol. The maximum absolute atomic E-state index is 12.8. The van der Waals surface area contributed by atoms with Gasteiger partial charge in [-0.2, -0.15) is 0 Å². The van der Waals surface area contributed by atoms with Crippen molar-refractivity contribution in [3.8, 4) is 21.9 Å². The predicted octanol–water partition coefficient (Wildman–Crippen LogP) is 6.24. The maximum Gasteiger partial charge on any atom is 0.225 e. The van der Waals surface area contributed by atoms with Crippen LogP contribution in [0.2, 0.25) is 0 Å². The van der Waals surface area contributed by atoms with Crippen molar-refractivity contribution in [3.05, 3.63) is 88.4 Å². The summed E-state index contributed by atoms with van der Waals surface area (Å²) in [5.74, 6) is 1.89. The van der Waals surface area contributed by atoms with Gasteiger partial charge in [0.25, 0.3) is 0 Å². The number of carbonyl (C=O) groups excluding carboxylic acids is 1. The van der Waals surface area contributed by atoms with E-state index in [1.165, 1.54) is 0 Å². The second-order valence-electron chi connectivity index (χ2n) is 7.35. The average Bonchev–Trinajstić information content (AvgIpc) is 3.53. The molecular formula is C26H24N2O4S. The molecule has 33 heavy (non-hydrogen) atoms. The molecule has 0 fully saturated rings. The molecule has 0 radical (unpaired) electrons. The lowest BCUT2D eigenvalue weighted by molar-refractivity contribution is 0.104. The van der Waals surface area contributed by atoms with Crippen LogP contribution >= 0.6 is 11.3 Å². The van der Waals surface area contributed by atoms with Crippen molar-refractivity contribution in [3.63, 3.8) is 0 Å². The number of aryl methyl sites for hydroxylation is 1. The summed E-state index contributed by atoms with van der Waals surface area (Å²) in [6.45, 7) is 2.45. The smallest absolute Gasteiger partial charge is 0.225 e. The van der Waals surface area contributed by atoms with Crippen molar-refractivity contribution >= 4 is 29.1 Å². The lowest BCUT2D eigenvalue weighted by Gasteiger charge is -2.12. The van der Waals surface area contributed by atoms with Crippen LogP contribution in [0, 0.1) is 6.92 Å². The van der Waals surface area contributed by atoms with Gasteiger partial charge in [-0.05, 0) is 42.2 Å². The molecule has 2 aromatic heterocycles. The molecular weight excluding hydrogens is 436 g/mol. The molecule has 4 aromatic rings. The Bertz CT molecular complexity index is 1260. The van der Waals surface area contributed by atoms with E-state index in [9.17, 15) is 4.79 Å². The van der Waals surface area contributed by atoms with E-state index in [1.54, 1.807) is 37.7 Å². The van der Waals surface area contributed by atoms with Gasteiger partial charge >= 0.3 is 0 Å². The molecule has 0 unspecified atom stereocenters. The third kappa shape index (κ3) is 5.32. The number of nitrogens with zero attached hydrogens (tertiary/aromatic N) is 1. The minimum absolute atomic E-state index is 0.0871. The van der Waals surface area contributed by atoms with Crippen LogP contribution in [0.1, 0.15) is 27.2 Å². The molecule has 0 aliphatic rings. The van der Waals surface area contributed by atoms with Crippen molar-refractivity contribution in [1.82, 2.24) is 5.16 Å². The van der Waals surface area contributed by atoms with Crippen molar-refractivity contribution in [2.24, 2.45) is 0 Å². The van der Waals surface area contributed by atoms with E-state index in [-0.39, 0.29) is 5.78 Å². The third-order valence-electron chi connectivity index (χ3n) is 5.09. The highest BCUT2D eigenvalue weighted by atomic mass is 32.1. The van der Waals surface area contributed by atoms with Gasteiger partial charge in [-0.25, -0.2) is 0 Å². The number of carbonyl (C=O) groups is 1. The highest BCUT2D eigenvalue weighted by Crippen LogP contribution is 2.38. The molecule has 1 N–H and O–H groups in total. The zero-order chi connectivity index (χ0) is 23.2. The molecule has 2 aromatic carbocycles. The number of nitrogens with one attached hydrogen (secondary N) is 1. The van der Waals surface area contributed by atoms with Crippen LogP contribution in [0.4, 0.5) is 5.88 Å². The SMILES string of the molecule is COc1cc(OC)c(-c2cccs2)cc1/C=C/C(=O)c1ccc(CNc2cc(C)no2)cc1. The Morgan fingerprint density at radius 3 is 2.52 bits per heavy atom. The molecule has 6 nitrogen and oxygen atoms in total. The lowest BCUT2D eigenvalue weighted by atomic mass is 10.0. The largest absolute Gasteiger partial charge is 0.496 e. The Morgan fingerprint density at radius 2 is 1.88 bits per heavy atom. The van der Waals surface area contributed by atoms with Crippen LogP contribution in [0.15, 0.2) is 70.6 Å². The van der Waals surface area contributed by atoms with E-state index in [0.717, 1.165) is 33.0 Å². The summed E-state index contributed by atoms with van der Waals surface area (Å²) in [6.07, 6.45) is 3.34. The average molecular weight is 461 g/mol. The molecule has 0 saturated carbocycles. The maximum atomic E-state index is 12.8. The normalized spacial score (nSPS) is 11.0. The fourth-order valence-electron chi connectivity index (χ4n) is 3.36. The number of allylic oxidation sites excluding steroid dienone is 1. The summed E-state index contributed by atoms with van der Waals surface area (Å²) in [5, 5.41) is 9.03. The molecule has 2 heterocycles. The standard InChI is InChI=1S/C26H24N2O4S/c1-17-13-26(32-28-17)27-16-18-6-8-19(9-7-18)22(29)11-10-20-14-21(25-5-4-12-33-25)24(31-3)15-23(20)30-2/h4-15,27H,16H2,1-3H3/b11-10+. The number of anilines is 1. The summed E-state index contributed by atoms with van der Waals surface area (Å²) < 4.78 is 16.2. The number of hydrogen-bond donors (Lipinski definition) is 1. The van der Waals surface area contributed by atoms with Gasteiger partial charge in [0.15, 0.2) is 5.78 Å². The van der Waals surface area contributed by atoms with Gasteiger partial charge in [0, 0.05) is 40.2 Å². The topological polar surface area (TPSA) is 73.6 Å². The number of ketones is 1. The van der Waals surface area contributed by atoms with Gasteiger partial charge in [0.1, 0.15) is 11.5 Å². The highest BCUT2D eigenvalue weighted by molar-refractivity contribution is 7.13. The van der Waals surface area contributed by atoms with Gasteiger partial charge in [0.05, 0.1) is 19.9 Å². The number of thiophene rings is 1. The number of methoxy groups -OCH3 is 2. The summed E-state index contributed by atoms with van der Waals surface area (Å²) in [5.41, 5.74) is 4.22. The van der Waals surface area contributed by atoms with Crippen LogP contribution in [0.3, 0.4) is 0 Å². The van der Waals surface area contributed by atoms with Gasteiger partial charge in [0.2, 0.25) is 5.88 Å². The fourth-order valence-corrected chi connectivity index (χ4v) is 4.11. The van der Waals surface area contributed by atoms with Gasteiger partial charge in [-0.1, -0.05) is 35.5 Å². The fraction of sp³-hybridized carbons (Fsp3) is 0.154. The second-order valence-corrected chi connectivity index (χ2v) is 8.30. The van der Waals surface area contributed by atoms with E-state index >= 15 is 0 Å². The van der Waals surface area contributed by atoms with E-state index in [2.05, 4.69) is 10.5 Å². The minimum Gasteiger partial charge on any atom is -0.496 e. The number of benzene rings is 2. The van der Waals surface area contributed by atoms with Gasteiger partial charge in [-0.3, -0.25) is 4.79 Å². The molecule has 0 aliphatic heterocycles. The van der Waals surface area contributed by atoms with Crippen LogP contribution in [0.25, 0.3) is 16.5 Å². The summed E-state index contributed by atoms with van der Waals surface area (Å²) in [6, 6.07) is 17.2. The first-order chi connectivity index (χ1) is 16.1. The van der Waals surface area contributed by atoms with Crippen LogP contribution in [-0.2, 0) is 6.54 Å². The second kappa shape index (κ2) is 10.2. The van der Waals surface area contributed by atoms with Crippen molar-refractivity contribution in [1.29, 1.82) is 0 Å². The van der Waals surface area contributed by atoms with E-state index < -0.39 is 0 Å². The third-order valence-corrected chi connectivity index (χ3v) is 5.99. The van der Waals surface area contributed by atoms with Crippen LogP contribution in [-0.4, -0.2) is 25.2 Å². The lowest BCUT2D eigenvalue weighted by Crippen LogP contribution is -2.00. The molecule has 0 aliphatic carbocycles. The molecule has 7 heteroatoms. The number of aromatic nitrogens is 1.